The number of hydrogen-bond donors (Lipinski definition) is 0. The van der Waals surface area contributed by atoms with Gasteiger partial charge in [-0.1, -0.05) is 22.0 Å². The summed E-state index contributed by atoms with van der Waals surface area (Å²) in [5.41, 5.74) is 0.825. The molecule has 3 nitrogen and oxygen atoms in total. The molecule has 0 amide bonds. The number of sulfone groups is 1. The first-order chi connectivity index (χ1) is 6.80. The highest BCUT2D eigenvalue weighted by molar-refractivity contribution is 9.10. The van der Waals surface area contributed by atoms with Crippen molar-refractivity contribution in [2.75, 3.05) is 20.4 Å². The summed E-state index contributed by atoms with van der Waals surface area (Å²) < 4.78 is 23.9. The molecule has 0 aliphatic carbocycles. The van der Waals surface area contributed by atoms with Gasteiger partial charge in [0.1, 0.15) is 0 Å². The van der Waals surface area contributed by atoms with Crippen LogP contribution in [-0.4, -0.2) is 33.7 Å². The van der Waals surface area contributed by atoms with Crippen LogP contribution in [0.25, 0.3) is 0 Å². The van der Waals surface area contributed by atoms with E-state index in [9.17, 15) is 8.42 Å². The number of benzene rings is 1. The first-order valence-corrected chi connectivity index (χ1v) is 7.12. The molecule has 0 saturated heterocycles. The molecule has 84 valence electrons. The number of rotatable bonds is 3. The van der Waals surface area contributed by atoms with Crippen LogP contribution in [0.1, 0.15) is 5.56 Å². The smallest absolute Gasteiger partial charge is 0.175 e. The van der Waals surface area contributed by atoms with Crippen molar-refractivity contribution in [2.45, 2.75) is 11.4 Å². The molecule has 15 heavy (non-hydrogen) atoms. The van der Waals surface area contributed by atoms with Gasteiger partial charge < -0.3 is 4.90 Å². The highest BCUT2D eigenvalue weighted by atomic mass is 79.9. The van der Waals surface area contributed by atoms with Crippen molar-refractivity contribution in [1.82, 2.24) is 4.90 Å². The normalized spacial score (nSPS) is 12.1. The van der Waals surface area contributed by atoms with Crippen LogP contribution in [-0.2, 0) is 16.4 Å². The zero-order chi connectivity index (χ0) is 11.6. The minimum Gasteiger partial charge on any atom is -0.305 e. The van der Waals surface area contributed by atoms with Gasteiger partial charge in [0.2, 0.25) is 0 Å². The van der Waals surface area contributed by atoms with Gasteiger partial charge in [0.15, 0.2) is 9.84 Å². The second-order valence-corrected chi connectivity index (χ2v) is 6.66. The molecule has 0 bridgehead atoms. The third-order valence-electron chi connectivity index (χ3n) is 1.92. The molecular weight excluding hydrogens is 278 g/mol. The van der Waals surface area contributed by atoms with Gasteiger partial charge in [-0.25, -0.2) is 8.42 Å². The second kappa shape index (κ2) is 4.63. The number of hydrogen-bond acceptors (Lipinski definition) is 3. The lowest BCUT2D eigenvalue weighted by Gasteiger charge is -2.13. The van der Waals surface area contributed by atoms with Crippen LogP contribution in [0.4, 0.5) is 0 Å². The quantitative estimate of drug-likeness (QED) is 0.854. The molecule has 0 atom stereocenters. The Kier molecular flexibility index (Phi) is 3.92. The van der Waals surface area contributed by atoms with Crippen LogP contribution in [0, 0.1) is 0 Å². The molecule has 0 radical (unpaired) electrons. The summed E-state index contributed by atoms with van der Waals surface area (Å²) in [7, 11) is 0.663. The molecule has 0 aromatic heterocycles. The van der Waals surface area contributed by atoms with Crippen LogP contribution < -0.4 is 0 Å². The first kappa shape index (κ1) is 12.7. The third-order valence-corrected chi connectivity index (χ3v) is 3.59. The van der Waals surface area contributed by atoms with Gasteiger partial charge in [-0.2, -0.15) is 0 Å². The lowest BCUT2D eigenvalue weighted by molar-refractivity contribution is 0.398. The maximum atomic E-state index is 11.5. The van der Waals surface area contributed by atoms with Crippen LogP contribution >= 0.6 is 15.9 Å². The highest BCUT2D eigenvalue weighted by Gasteiger charge is 2.13. The van der Waals surface area contributed by atoms with E-state index in [-0.39, 0.29) is 0 Å². The number of halogens is 1. The molecular formula is C10H14BrNO2S. The molecule has 0 spiro atoms. The fraction of sp³-hybridized carbons (Fsp3) is 0.400. The van der Waals surface area contributed by atoms with Gasteiger partial charge in [-0.3, -0.25) is 0 Å². The van der Waals surface area contributed by atoms with Crippen molar-refractivity contribution >= 4 is 25.8 Å². The Morgan fingerprint density at radius 2 is 1.93 bits per heavy atom. The lowest BCUT2D eigenvalue weighted by Crippen LogP contribution is -2.13. The van der Waals surface area contributed by atoms with Crippen molar-refractivity contribution in [1.29, 1.82) is 0 Å². The molecule has 1 aromatic carbocycles. The average molecular weight is 292 g/mol. The van der Waals surface area contributed by atoms with Crippen LogP contribution in [0.5, 0.6) is 0 Å². The lowest BCUT2D eigenvalue weighted by atomic mass is 10.2. The van der Waals surface area contributed by atoms with Crippen molar-refractivity contribution < 1.29 is 8.42 Å². The van der Waals surface area contributed by atoms with Crippen molar-refractivity contribution in [2.24, 2.45) is 0 Å². The van der Waals surface area contributed by atoms with E-state index < -0.39 is 9.84 Å². The van der Waals surface area contributed by atoms with Gasteiger partial charge in [0.25, 0.3) is 0 Å². The maximum absolute atomic E-state index is 11.5. The molecule has 0 heterocycles. The Morgan fingerprint density at radius 1 is 1.33 bits per heavy atom. The second-order valence-electron chi connectivity index (χ2n) is 3.76. The first-order valence-electron chi connectivity index (χ1n) is 4.44. The van der Waals surface area contributed by atoms with Gasteiger partial charge in [0.05, 0.1) is 4.90 Å². The third kappa shape index (κ3) is 3.59. The van der Waals surface area contributed by atoms with E-state index in [1.165, 1.54) is 6.26 Å². The van der Waals surface area contributed by atoms with E-state index in [0.29, 0.717) is 11.4 Å². The Balaban J connectivity index is 3.27. The standard InChI is InChI=1S/C10H14BrNO2S/c1-12(2)7-8-4-5-9(11)6-10(8)15(3,13)14/h4-6H,7H2,1-3H3. The summed E-state index contributed by atoms with van der Waals surface area (Å²) in [5, 5.41) is 0. The van der Waals surface area contributed by atoms with Crippen molar-refractivity contribution in [3.05, 3.63) is 28.2 Å². The Bertz CT molecular complexity index is 454. The molecule has 0 fully saturated rings. The Labute approximate surface area is 99.1 Å². The summed E-state index contributed by atoms with van der Waals surface area (Å²) in [4.78, 5) is 2.34. The summed E-state index contributed by atoms with van der Waals surface area (Å²) in [6, 6.07) is 5.34. The molecule has 1 aromatic rings. The molecule has 0 unspecified atom stereocenters. The zero-order valence-corrected chi connectivity index (χ0v) is 11.4. The van der Waals surface area contributed by atoms with E-state index in [1.807, 2.05) is 31.1 Å². The molecule has 0 saturated carbocycles. The summed E-state index contributed by atoms with van der Waals surface area (Å²) in [6.45, 7) is 0.621. The van der Waals surface area contributed by atoms with E-state index in [0.717, 1.165) is 10.0 Å². The van der Waals surface area contributed by atoms with Gasteiger partial charge in [0, 0.05) is 17.3 Å². The Morgan fingerprint density at radius 3 is 2.40 bits per heavy atom. The van der Waals surface area contributed by atoms with E-state index in [4.69, 9.17) is 0 Å². The number of nitrogens with zero attached hydrogens (tertiary/aromatic N) is 1. The molecule has 0 aliphatic rings. The average Bonchev–Trinajstić information content (AvgIpc) is 2.05. The molecule has 0 aliphatic heterocycles. The zero-order valence-electron chi connectivity index (χ0n) is 8.99. The van der Waals surface area contributed by atoms with Crippen molar-refractivity contribution in [3.63, 3.8) is 0 Å². The predicted octanol–water partition coefficient (Wildman–Crippen LogP) is 1.91. The molecule has 0 N–H and O–H groups in total. The molecule has 5 heteroatoms. The molecule has 1 rings (SSSR count). The Hall–Kier alpha value is -0.390. The predicted molar refractivity (Wildman–Crippen MR) is 64.6 cm³/mol. The monoisotopic (exact) mass is 291 g/mol. The largest absolute Gasteiger partial charge is 0.305 e. The fourth-order valence-corrected chi connectivity index (χ4v) is 2.81. The fourth-order valence-electron chi connectivity index (χ4n) is 1.34. The minimum atomic E-state index is -3.16. The van der Waals surface area contributed by atoms with E-state index in [2.05, 4.69) is 15.9 Å². The summed E-state index contributed by atoms with van der Waals surface area (Å²) >= 11 is 3.28. The maximum Gasteiger partial charge on any atom is 0.175 e. The SMILES string of the molecule is CN(C)Cc1ccc(Br)cc1S(C)(=O)=O. The van der Waals surface area contributed by atoms with Crippen molar-refractivity contribution in [3.8, 4) is 0 Å². The summed E-state index contributed by atoms with van der Waals surface area (Å²) in [6.07, 6.45) is 1.23. The van der Waals surface area contributed by atoms with Crippen LogP contribution in [0.15, 0.2) is 27.6 Å². The topological polar surface area (TPSA) is 37.4 Å². The highest BCUT2D eigenvalue weighted by Crippen LogP contribution is 2.21. The van der Waals surface area contributed by atoms with E-state index in [1.54, 1.807) is 6.07 Å². The van der Waals surface area contributed by atoms with Crippen LogP contribution in [0.3, 0.4) is 0 Å². The van der Waals surface area contributed by atoms with Crippen LogP contribution in [0.2, 0.25) is 0 Å². The summed E-state index contributed by atoms with van der Waals surface area (Å²) in [5.74, 6) is 0. The van der Waals surface area contributed by atoms with Gasteiger partial charge >= 0.3 is 0 Å². The minimum absolute atomic E-state index is 0.394. The van der Waals surface area contributed by atoms with Gasteiger partial charge in [-0.15, -0.1) is 0 Å². The van der Waals surface area contributed by atoms with E-state index >= 15 is 0 Å². The van der Waals surface area contributed by atoms with Gasteiger partial charge in [-0.05, 0) is 31.8 Å².